The molecule has 0 radical (unpaired) electrons. The molecule has 0 aliphatic carbocycles. The summed E-state index contributed by atoms with van der Waals surface area (Å²) in [5.41, 5.74) is 8.25. The van der Waals surface area contributed by atoms with Crippen LogP contribution < -0.4 is 11.1 Å². The van der Waals surface area contributed by atoms with E-state index in [1.807, 2.05) is 19.1 Å². The molecule has 1 aromatic rings. The van der Waals surface area contributed by atoms with E-state index in [0.717, 1.165) is 42.9 Å². The van der Waals surface area contributed by atoms with Gasteiger partial charge in [0.25, 0.3) is 0 Å². The van der Waals surface area contributed by atoms with Crippen molar-refractivity contribution in [1.29, 1.82) is 0 Å². The Balaban J connectivity index is 2.35. The van der Waals surface area contributed by atoms with E-state index in [4.69, 9.17) is 5.73 Å². The molecule has 0 aliphatic heterocycles. The number of nitrogens with zero attached hydrogens (tertiary/aromatic N) is 1. The first-order valence-electron chi connectivity index (χ1n) is 6.87. The van der Waals surface area contributed by atoms with Crippen molar-refractivity contribution >= 4 is 17.3 Å². The number of aryl methyl sites for hydroxylation is 1. The number of carbonyl (C=O) groups excluding carboxylic acids is 1. The van der Waals surface area contributed by atoms with E-state index in [2.05, 4.69) is 24.2 Å². The van der Waals surface area contributed by atoms with Crippen LogP contribution in [0.25, 0.3) is 0 Å². The predicted molar refractivity (Wildman–Crippen MR) is 81.2 cm³/mol. The Hall–Kier alpha value is -1.55. The van der Waals surface area contributed by atoms with Gasteiger partial charge >= 0.3 is 0 Å². The summed E-state index contributed by atoms with van der Waals surface area (Å²) in [7, 11) is 2.09. The zero-order chi connectivity index (χ0) is 14.3. The summed E-state index contributed by atoms with van der Waals surface area (Å²) in [6.07, 6.45) is 2.58. The molecule has 0 fully saturated rings. The highest BCUT2D eigenvalue weighted by Crippen LogP contribution is 2.17. The minimum atomic E-state index is 0.0674. The quantitative estimate of drug-likeness (QED) is 0.743. The molecule has 0 saturated heterocycles. The Kier molecular flexibility index (Phi) is 6.36. The Morgan fingerprint density at radius 2 is 2.11 bits per heavy atom. The van der Waals surface area contributed by atoms with Crippen molar-refractivity contribution in [3.05, 3.63) is 23.8 Å². The maximum atomic E-state index is 11.8. The van der Waals surface area contributed by atoms with E-state index in [0.29, 0.717) is 6.42 Å². The van der Waals surface area contributed by atoms with Gasteiger partial charge in [0.15, 0.2) is 0 Å². The largest absolute Gasteiger partial charge is 0.399 e. The monoisotopic (exact) mass is 263 g/mol. The van der Waals surface area contributed by atoms with E-state index in [1.165, 1.54) is 0 Å². The van der Waals surface area contributed by atoms with Gasteiger partial charge in [-0.15, -0.1) is 0 Å². The zero-order valence-electron chi connectivity index (χ0n) is 12.2. The third-order valence-electron chi connectivity index (χ3n) is 3.07. The lowest BCUT2D eigenvalue weighted by atomic mass is 10.1. The molecule has 0 heterocycles. The average molecular weight is 263 g/mol. The fraction of sp³-hybridized carbons (Fsp3) is 0.533. The van der Waals surface area contributed by atoms with Crippen molar-refractivity contribution in [2.45, 2.75) is 33.1 Å². The van der Waals surface area contributed by atoms with Crippen molar-refractivity contribution in [3.63, 3.8) is 0 Å². The van der Waals surface area contributed by atoms with Gasteiger partial charge in [-0.2, -0.15) is 0 Å². The number of hydrogen-bond donors (Lipinski definition) is 2. The van der Waals surface area contributed by atoms with Crippen LogP contribution in [0, 0.1) is 6.92 Å². The molecule has 19 heavy (non-hydrogen) atoms. The number of carbonyl (C=O) groups is 1. The lowest BCUT2D eigenvalue weighted by Crippen LogP contribution is -2.22. The molecule has 0 aliphatic rings. The Morgan fingerprint density at radius 3 is 2.74 bits per heavy atom. The van der Waals surface area contributed by atoms with E-state index >= 15 is 0 Å². The minimum absolute atomic E-state index is 0.0674. The number of amides is 1. The molecule has 0 saturated carbocycles. The number of hydrogen-bond acceptors (Lipinski definition) is 3. The second-order valence-corrected chi connectivity index (χ2v) is 5.03. The highest BCUT2D eigenvalue weighted by atomic mass is 16.1. The van der Waals surface area contributed by atoms with Crippen molar-refractivity contribution in [3.8, 4) is 0 Å². The third kappa shape index (κ3) is 5.75. The molecule has 4 heteroatoms. The van der Waals surface area contributed by atoms with E-state index in [9.17, 15) is 4.79 Å². The van der Waals surface area contributed by atoms with E-state index < -0.39 is 0 Å². The van der Waals surface area contributed by atoms with Crippen LogP contribution in [0.4, 0.5) is 11.4 Å². The Bertz CT molecular complexity index is 418. The minimum Gasteiger partial charge on any atom is -0.399 e. The van der Waals surface area contributed by atoms with Crippen molar-refractivity contribution in [2.75, 3.05) is 31.2 Å². The third-order valence-corrected chi connectivity index (χ3v) is 3.07. The van der Waals surface area contributed by atoms with Crippen LogP contribution in [-0.4, -0.2) is 30.9 Å². The summed E-state index contributed by atoms with van der Waals surface area (Å²) in [6.45, 7) is 6.15. The van der Waals surface area contributed by atoms with Crippen molar-refractivity contribution < 1.29 is 4.79 Å². The van der Waals surface area contributed by atoms with Gasteiger partial charge in [-0.1, -0.05) is 6.92 Å². The average Bonchev–Trinajstić information content (AvgIpc) is 2.33. The summed E-state index contributed by atoms with van der Waals surface area (Å²) in [6, 6.07) is 5.52. The summed E-state index contributed by atoms with van der Waals surface area (Å²) in [4.78, 5) is 14.1. The van der Waals surface area contributed by atoms with Crippen LogP contribution in [0.1, 0.15) is 31.7 Å². The summed E-state index contributed by atoms with van der Waals surface area (Å²) in [5.74, 6) is 0.0674. The highest BCUT2D eigenvalue weighted by Gasteiger charge is 2.05. The van der Waals surface area contributed by atoms with E-state index in [-0.39, 0.29) is 5.91 Å². The molecule has 0 atom stereocenters. The summed E-state index contributed by atoms with van der Waals surface area (Å²) in [5, 5.41) is 2.93. The number of nitrogens with two attached hydrogens (primary N) is 1. The fourth-order valence-corrected chi connectivity index (χ4v) is 2.04. The normalized spacial score (nSPS) is 10.7. The molecular formula is C15H25N3O. The first kappa shape index (κ1) is 15.5. The maximum Gasteiger partial charge on any atom is 0.224 e. The smallest absolute Gasteiger partial charge is 0.224 e. The van der Waals surface area contributed by atoms with Crippen LogP contribution in [0.5, 0.6) is 0 Å². The molecule has 0 spiro atoms. The molecule has 3 N–H and O–H groups in total. The first-order valence-corrected chi connectivity index (χ1v) is 6.87. The number of anilines is 2. The molecule has 1 aromatic carbocycles. The zero-order valence-corrected chi connectivity index (χ0v) is 12.2. The second-order valence-electron chi connectivity index (χ2n) is 5.03. The van der Waals surface area contributed by atoms with Crippen molar-refractivity contribution in [1.82, 2.24) is 4.90 Å². The predicted octanol–water partition coefficient (Wildman–Crippen LogP) is 2.64. The molecule has 4 nitrogen and oxygen atoms in total. The van der Waals surface area contributed by atoms with Crippen LogP contribution in [-0.2, 0) is 4.79 Å². The van der Waals surface area contributed by atoms with Gasteiger partial charge in [0, 0.05) is 17.8 Å². The van der Waals surface area contributed by atoms with Gasteiger partial charge in [-0.25, -0.2) is 0 Å². The SMILES string of the molecule is CCCN(C)CCCC(=O)Nc1ccc(N)cc1C. The van der Waals surface area contributed by atoms with Gasteiger partial charge in [0.2, 0.25) is 5.91 Å². The van der Waals surface area contributed by atoms with Crippen molar-refractivity contribution in [2.24, 2.45) is 0 Å². The lowest BCUT2D eigenvalue weighted by Gasteiger charge is -2.15. The Labute approximate surface area is 116 Å². The summed E-state index contributed by atoms with van der Waals surface area (Å²) < 4.78 is 0. The first-order chi connectivity index (χ1) is 9.02. The molecular weight excluding hydrogens is 238 g/mol. The standard InChI is InChI=1S/C15H25N3O/c1-4-9-18(3)10-5-6-15(19)17-14-8-7-13(16)11-12(14)2/h7-8,11H,4-6,9-10,16H2,1-3H3,(H,17,19). The molecule has 0 unspecified atom stereocenters. The van der Waals surface area contributed by atoms with Crippen LogP contribution >= 0.6 is 0 Å². The van der Waals surface area contributed by atoms with Gasteiger partial charge in [0.1, 0.15) is 0 Å². The second kappa shape index (κ2) is 7.79. The molecule has 0 aromatic heterocycles. The Morgan fingerprint density at radius 1 is 1.37 bits per heavy atom. The van der Waals surface area contributed by atoms with Gasteiger partial charge in [0.05, 0.1) is 0 Å². The highest BCUT2D eigenvalue weighted by molar-refractivity contribution is 5.91. The molecule has 106 valence electrons. The molecule has 0 bridgehead atoms. The number of benzene rings is 1. The van der Waals surface area contributed by atoms with Crippen LogP contribution in [0.2, 0.25) is 0 Å². The molecule has 1 rings (SSSR count). The van der Waals surface area contributed by atoms with Gasteiger partial charge < -0.3 is 16.0 Å². The van der Waals surface area contributed by atoms with E-state index in [1.54, 1.807) is 6.07 Å². The fourth-order valence-electron chi connectivity index (χ4n) is 2.04. The number of rotatable bonds is 7. The van der Waals surface area contributed by atoms with Gasteiger partial charge in [-0.05, 0) is 63.7 Å². The summed E-state index contributed by atoms with van der Waals surface area (Å²) >= 11 is 0. The van der Waals surface area contributed by atoms with Crippen LogP contribution in [0.15, 0.2) is 18.2 Å². The number of nitrogens with one attached hydrogen (secondary N) is 1. The lowest BCUT2D eigenvalue weighted by molar-refractivity contribution is -0.116. The topological polar surface area (TPSA) is 58.4 Å². The molecule has 1 amide bonds. The van der Waals surface area contributed by atoms with Gasteiger partial charge in [-0.3, -0.25) is 4.79 Å². The van der Waals surface area contributed by atoms with Crippen LogP contribution in [0.3, 0.4) is 0 Å². The number of nitrogen functional groups attached to an aromatic ring is 1. The maximum absolute atomic E-state index is 11.8.